The third-order valence-corrected chi connectivity index (χ3v) is 4.71. The standard InChI is InChI=1S/C19H18BrNO4.2C2H6/c1-23-13-6-7-15-16(8-13)19(22)21(11-17(15)20)10-12-4-5-14(24-2)9-18(12)25-3;2*1-2/h4-9,11H,10H2,1-3H3;2*1-2H3. The van der Waals surface area contributed by atoms with Crippen LogP contribution in [0.15, 0.2) is 51.9 Å². The van der Waals surface area contributed by atoms with Gasteiger partial charge in [0.25, 0.3) is 5.56 Å². The summed E-state index contributed by atoms with van der Waals surface area (Å²) < 4.78 is 18.4. The first-order valence-corrected chi connectivity index (χ1v) is 10.4. The fourth-order valence-corrected chi connectivity index (χ4v) is 3.33. The van der Waals surface area contributed by atoms with Gasteiger partial charge in [0.1, 0.15) is 17.2 Å². The molecule has 0 aliphatic carbocycles. The van der Waals surface area contributed by atoms with Crippen molar-refractivity contribution in [2.24, 2.45) is 0 Å². The van der Waals surface area contributed by atoms with Crippen LogP contribution in [-0.4, -0.2) is 25.9 Å². The van der Waals surface area contributed by atoms with Gasteiger partial charge in [0, 0.05) is 27.7 Å². The van der Waals surface area contributed by atoms with Gasteiger partial charge in [-0.05, 0) is 46.3 Å². The first-order chi connectivity index (χ1) is 14.1. The molecule has 6 heteroatoms. The number of fused-ring (bicyclic) bond motifs is 1. The molecule has 0 fully saturated rings. The van der Waals surface area contributed by atoms with E-state index in [9.17, 15) is 4.79 Å². The maximum absolute atomic E-state index is 12.9. The van der Waals surface area contributed by atoms with E-state index in [4.69, 9.17) is 14.2 Å². The Morgan fingerprint density at radius 3 is 2.00 bits per heavy atom. The predicted octanol–water partition coefficient (Wildman–Crippen LogP) is 5.89. The molecule has 0 radical (unpaired) electrons. The molecule has 0 N–H and O–H groups in total. The molecule has 0 atom stereocenters. The normalized spacial score (nSPS) is 9.66. The van der Waals surface area contributed by atoms with Crippen LogP contribution in [-0.2, 0) is 6.54 Å². The van der Waals surface area contributed by atoms with Crippen LogP contribution >= 0.6 is 15.9 Å². The number of hydrogen-bond acceptors (Lipinski definition) is 4. The van der Waals surface area contributed by atoms with Gasteiger partial charge >= 0.3 is 0 Å². The van der Waals surface area contributed by atoms with Crippen molar-refractivity contribution in [3.05, 3.63) is 63.0 Å². The second kappa shape index (κ2) is 12.2. The molecule has 0 amide bonds. The number of pyridine rings is 1. The largest absolute Gasteiger partial charge is 0.497 e. The summed E-state index contributed by atoms with van der Waals surface area (Å²) in [6.45, 7) is 8.39. The second-order valence-electron chi connectivity index (χ2n) is 5.50. The highest BCUT2D eigenvalue weighted by atomic mass is 79.9. The first-order valence-electron chi connectivity index (χ1n) is 9.65. The lowest BCUT2D eigenvalue weighted by atomic mass is 10.1. The molecule has 0 saturated carbocycles. The van der Waals surface area contributed by atoms with Gasteiger partial charge in [0.15, 0.2) is 0 Å². The molecule has 158 valence electrons. The molecule has 29 heavy (non-hydrogen) atoms. The van der Waals surface area contributed by atoms with E-state index in [-0.39, 0.29) is 5.56 Å². The van der Waals surface area contributed by atoms with Gasteiger partial charge < -0.3 is 18.8 Å². The lowest BCUT2D eigenvalue weighted by molar-refractivity contribution is 0.390. The number of halogens is 1. The van der Waals surface area contributed by atoms with Crippen LogP contribution in [0.2, 0.25) is 0 Å². The van der Waals surface area contributed by atoms with Gasteiger partial charge in [-0.25, -0.2) is 0 Å². The summed E-state index contributed by atoms with van der Waals surface area (Å²) in [5.41, 5.74) is 0.800. The predicted molar refractivity (Wildman–Crippen MR) is 124 cm³/mol. The highest BCUT2D eigenvalue weighted by Crippen LogP contribution is 2.27. The molecule has 0 spiro atoms. The third kappa shape index (κ3) is 5.76. The molecule has 0 aliphatic rings. The Hall–Kier alpha value is -2.47. The molecular formula is C23H30BrNO4. The van der Waals surface area contributed by atoms with Crippen molar-refractivity contribution in [1.29, 1.82) is 0 Å². The Balaban J connectivity index is 0.000000989. The Labute approximate surface area is 181 Å². The van der Waals surface area contributed by atoms with E-state index < -0.39 is 0 Å². The van der Waals surface area contributed by atoms with Gasteiger partial charge in [-0.2, -0.15) is 0 Å². The summed E-state index contributed by atoms with van der Waals surface area (Å²) in [7, 11) is 4.79. The SMILES string of the molecule is CC.CC.COc1ccc(Cn2cc(Br)c3ccc(OC)cc3c2=O)c(OC)c1. The number of hydrogen-bond donors (Lipinski definition) is 0. The lowest BCUT2D eigenvalue weighted by Gasteiger charge is -2.13. The zero-order chi connectivity index (χ0) is 22.0. The summed E-state index contributed by atoms with van der Waals surface area (Å²) in [5, 5.41) is 1.45. The first kappa shape index (κ1) is 24.6. The minimum Gasteiger partial charge on any atom is -0.497 e. The minimum atomic E-state index is -0.0880. The maximum atomic E-state index is 12.9. The number of ether oxygens (including phenoxy) is 3. The lowest BCUT2D eigenvalue weighted by Crippen LogP contribution is -2.21. The van der Waals surface area contributed by atoms with Crippen molar-refractivity contribution in [2.75, 3.05) is 21.3 Å². The van der Waals surface area contributed by atoms with Gasteiger partial charge in [-0.15, -0.1) is 0 Å². The quantitative estimate of drug-likeness (QED) is 0.473. The van der Waals surface area contributed by atoms with Crippen LogP contribution in [0.4, 0.5) is 0 Å². The fraction of sp³-hybridized carbons (Fsp3) is 0.348. The number of benzene rings is 2. The van der Waals surface area contributed by atoms with Crippen LogP contribution in [0.5, 0.6) is 17.2 Å². The van der Waals surface area contributed by atoms with E-state index in [2.05, 4.69) is 15.9 Å². The van der Waals surface area contributed by atoms with Gasteiger partial charge in [0.2, 0.25) is 0 Å². The monoisotopic (exact) mass is 463 g/mol. The fourth-order valence-electron chi connectivity index (χ4n) is 2.74. The molecule has 3 aromatic rings. The van der Waals surface area contributed by atoms with E-state index >= 15 is 0 Å². The van der Waals surface area contributed by atoms with Crippen molar-refractivity contribution >= 4 is 26.7 Å². The highest BCUT2D eigenvalue weighted by Gasteiger charge is 2.11. The van der Waals surface area contributed by atoms with E-state index in [1.165, 1.54) is 0 Å². The Morgan fingerprint density at radius 2 is 1.41 bits per heavy atom. The van der Waals surface area contributed by atoms with Gasteiger partial charge in [-0.1, -0.05) is 27.7 Å². The van der Waals surface area contributed by atoms with Crippen LogP contribution in [0, 0.1) is 0 Å². The molecule has 0 saturated heterocycles. The summed E-state index contributed by atoms with van der Waals surface area (Å²) >= 11 is 3.55. The molecule has 0 aliphatic heterocycles. The van der Waals surface area contributed by atoms with E-state index in [1.54, 1.807) is 44.2 Å². The topological polar surface area (TPSA) is 49.7 Å². The van der Waals surface area contributed by atoms with Crippen LogP contribution in [0.1, 0.15) is 33.3 Å². The number of rotatable bonds is 5. The second-order valence-corrected chi connectivity index (χ2v) is 6.35. The molecule has 3 rings (SSSR count). The summed E-state index contributed by atoms with van der Waals surface area (Å²) in [6, 6.07) is 11.0. The smallest absolute Gasteiger partial charge is 0.258 e. The average molecular weight is 464 g/mol. The van der Waals surface area contributed by atoms with Crippen LogP contribution in [0.3, 0.4) is 0 Å². The summed E-state index contributed by atoms with van der Waals surface area (Å²) in [6.07, 6.45) is 1.79. The van der Waals surface area contributed by atoms with E-state index in [0.717, 1.165) is 15.4 Å². The summed E-state index contributed by atoms with van der Waals surface area (Å²) in [5.74, 6) is 2.03. The van der Waals surface area contributed by atoms with Crippen LogP contribution < -0.4 is 19.8 Å². The van der Waals surface area contributed by atoms with Crippen molar-refractivity contribution < 1.29 is 14.2 Å². The minimum absolute atomic E-state index is 0.0880. The molecule has 1 aromatic heterocycles. The Morgan fingerprint density at radius 1 is 0.828 bits per heavy atom. The van der Waals surface area contributed by atoms with Gasteiger partial charge in [0.05, 0.1) is 33.3 Å². The number of methoxy groups -OCH3 is 3. The highest BCUT2D eigenvalue weighted by molar-refractivity contribution is 9.10. The maximum Gasteiger partial charge on any atom is 0.258 e. The van der Waals surface area contributed by atoms with Crippen LogP contribution in [0.25, 0.3) is 10.8 Å². The van der Waals surface area contributed by atoms with Crippen molar-refractivity contribution in [3.63, 3.8) is 0 Å². The molecule has 0 bridgehead atoms. The Kier molecular flexibility index (Phi) is 10.3. The molecule has 5 nitrogen and oxygen atoms in total. The van der Waals surface area contributed by atoms with Crippen molar-refractivity contribution in [3.8, 4) is 17.2 Å². The molecular weight excluding hydrogens is 434 g/mol. The van der Waals surface area contributed by atoms with Crippen molar-refractivity contribution in [1.82, 2.24) is 4.57 Å². The number of nitrogens with zero attached hydrogens (tertiary/aromatic N) is 1. The molecule has 2 aromatic carbocycles. The molecule has 1 heterocycles. The van der Waals surface area contributed by atoms with Crippen molar-refractivity contribution in [2.45, 2.75) is 34.2 Å². The summed E-state index contributed by atoms with van der Waals surface area (Å²) in [4.78, 5) is 12.9. The average Bonchev–Trinajstić information content (AvgIpc) is 2.79. The van der Waals surface area contributed by atoms with E-state index in [0.29, 0.717) is 29.2 Å². The third-order valence-electron chi connectivity index (χ3n) is 4.08. The zero-order valence-corrected chi connectivity index (χ0v) is 19.8. The van der Waals surface area contributed by atoms with E-state index in [1.807, 2.05) is 52.0 Å². The zero-order valence-electron chi connectivity index (χ0n) is 18.2. The molecule has 0 unspecified atom stereocenters. The Bertz CT molecular complexity index is 983. The van der Waals surface area contributed by atoms with Gasteiger partial charge in [-0.3, -0.25) is 4.79 Å². The number of aromatic nitrogens is 1.